The van der Waals surface area contributed by atoms with E-state index in [0.717, 1.165) is 35.7 Å². The van der Waals surface area contributed by atoms with Gasteiger partial charge in [0.2, 0.25) is 0 Å². The molecule has 2 heterocycles. The van der Waals surface area contributed by atoms with Crippen LogP contribution in [0.5, 0.6) is 0 Å². The first-order chi connectivity index (χ1) is 13.4. The second-order valence-electron chi connectivity index (χ2n) is 7.58. The van der Waals surface area contributed by atoms with Crippen LogP contribution in [-0.4, -0.2) is 36.3 Å². The second kappa shape index (κ2) is 7.53. The number of aromatic amines is 1. The van der Waals surface area contributed by atoms with Gasteiger partial charge in [0.25, 0.3) is 6.47 Å². The van der Waals surface area contributed by atoms with Gasteiger partial charge in [-0.05, 0) is 24.8 Å². The van der Waals surface area contributed by atoms with E-state index in [4.69, 9.17) is 14.9 Å². The van der Waals surface area contributed by atoms with Gasteiger partial charge in [0.05, 0.1) is 11.7 Å². The molecule has 1 unspecified atom stereocenters. The molecule has 28 heavy (non-hydrogen) atoms. The van der Waals surface area contributed by atoms with E-state index in [1.807, 2.05) is 29.9 Å². The Hall–Kier alpha value is -3.03. The lowest BCUT2D eigenvalue weighted by atomic mass is 9.86. The van der Waals surface area contributed by atoms with Gasteiger partial charge in [-0.1, -0.05) is 32.0 Å². The molecule has 1 saturated carbocycles. The first-order valence-electron chi connectivity index (χ1n) is 9.08. The highest BCUT2D eigenvalue weighted by Gasteiger charge is 2.66. The summed E-state index contributed by atoms with van der Waals surface area (Å²) in [6.45, 7) is 6.66. The summed E-state index contributed by atoms with van der Waals surface area (Å²) in [5.74, 6) is 1.41. The van der Waals surface area contributed by atoms with Crippen molar-refractivity contribution in [2.75, 3.05) is 0 Å². The number of benzene rings is 1. The van der Waals surface area contributed by atoms with Crippen molar-refractivity contribution in [2.45, 2.75) is 45.6 Å². The summed E-state index contributed by atoms with van der Waals surface area (Å²) in [7, 11) is 0. The topological polar surface area (TPSA) is 96.7 Å². The maximum atomic E-state index is 14.6. The van der Waals surface area contributed by atoms with Gasteiger partial charge in [0.15, 0.2) is 0 Å². The molecular weight excluding hydrogens is 361 g/mol. The maximum absolute atomic E-state index is 14.6. The zero-order valence-corrected chi connectivity index (χ0v) is 16.2. The van der Waals surface area contributed by atoms with E-state index in [2.05, 4.69) is 28.9 Å². The Morgan fingerprint density at radius 3 is 2.61 bits per heavy atom. The molecule has 2 N–H and O–H groups in total. The van der Waals surface area contributed by atoms with Gasteiger partial charge in [0.1, 0.15) is 17.5 Å². The molecular formula is C20H24FN5O2. The molecule has 0 spiro atoms. The molecule has 1 fully saturated rings. The van der Waals surface area contributed by atoms with Crippen LogP contribution in [-0.2, 0) is 23.2 Å². The van der Waals surface area contributed by atoms with E-state index >= 15 is 0 Å². The number of hydrogen-bond acceptors (Lipinski definition) is 4. The Morgan fingerprint density at radius 2 is 2.04 bits per heavy atom. The molecule has 2 aromatic heterocycles. The van der Waals surface area contributed by atoms with Crippen LogP contribution in [0, 0.1) is 18.2 Å². The Bertz CT molecular complexity index is 951. The number of hydrogen-bond donors (Lipinski definition) is 2. The van der Waals surface area contributed by atoms with Crippen LogP contribution in [0.1, 0.15) is 43.2 Å². The molecule has 1 atom stereocenters. The van der Waals surface area contributed by atoms with Gasteiger partial charge in [-0.3, -0.25) is 4.79 Å². The highest BCUT2D eigenvalue weighted by molar-refractivity contribution is 5.45. The largest absolute Gasteiger partial charge is 0.483 e. The number of halogens is 1. The van der Waals surface area contributed by atoms with Gasteiger partial charge >= 0.3 is 0 Å². The van der Waals surface area contributed by atoms with Crippen molar-refractivity contribution >= 4 is 6.47 Å². The minimum Gasteiger partial charge on any atom is -0.483 e. The number of imidazole rings is 1. The Kier molecular flexibility index (Phi) is 5.31. The third-order valence-electron chi connectivity index (χ3n) is 5.38. The van der Waals surface area contributed by atoms with Gasteiger partial charge < -0.3 is 10.1 Å². The van der Waals surface area contributed by atoms with E-state index in [9.17, 15) is 4.39 Å². The lowest BCUT2D eigenvalue weighted by Crippen LogP contribution is -2.24. The minimum absolute atomic E-state index is 0.0552. The number of nitrogens with zero attached hydrogens (tertiary/aromatic N) is 4. The van der Waals surface area contributed by atoms with E-state index in [0.29, 0.717) is 6.54 Å². The van der Waals surface area contributed by atoms with E-state index < -0.39 is 5.41 Å². The Balaban J connectivity index is 0.000000706. The molecule has 1 aromatic carbocycles. The number of carboxylic acid groups (broad SMARTS) is 1. The quantitative estimate of drug-likeness (QED) is 0.658. The van der Waals surface area contributed by atoms with Crippen molar-refractivity contribution < 1.29 is 14.3 Å². The molecule has 1 aliphatic rings. The number of rotatable bonds is 5. The predicted molar refractivity (Wildman–Crippen MR) is 101 cm³/mol. The summed E-state index contributed by atoms with van der Waals surface area (Å²) >= 11 is 0. The molecule has 148 valence electrons. The van der Waals surface area contributed by atoms with Crippen LogP contribution in [0.15, 0.2) is 36.8 Å². The van der Waals surface area contributed by atoms with Gasteiger partial charge in [-0.25, -0.2) is 19.0 Å². The predicted octanol–water partition coefficient (Wildman–Crippen LogP) is 3.11. The van der Waals surface area contributed by atoms with Crippen LogP contribution < -0.4 is 0 Å². The fraction of sp³-hybridized carbons (Fsp3) is 0.400. The summed E-state index contributed by atoms with van der Waals surface area (Å²) < 4.78 is 16.6. The summed E-state index contributed by atoms with van der Waals surface area (Å²) in [5, 5.41) is 11.5. The van der Waals surface area contributed by atoms with Crippen molar-refractivity contribution in [3.05, 3.63) is 65.5 Å². The van der Waals surface area contributed by atoms with Crippen LogP contribution in [0.25, 0.3) is 0 Å². The second-order valence-corrected chi connectivity index (χ2v) is 7.58. The average Bonchev–Trinajstić information content (AvgIpc) is 3.04. The summed E-state index contributed by atoms with van der Waals surface area (Å²) in [6, 6.07) is 7.04. The fourth-order valence-corrected chi connectivity index (χ4v) is 3.96. The molecule has 8 heteroatoms. The number of aryl methyl sites for hydroxylation is 3. The molecule has 0 bridgehead atoms. The van der Waals surface area contributed by atoms with E-state index in [1.54, 1.807) is 12.4 Å². The maximum Gasteiger partial charge on any atom is 0.290 e. The normalized spacial score (nSPS) is 19.6. The smallest absolute Gasteiger partial charge is 0.290 e. The van der Waals surface area contributed by atoms with Crippen molar-refractivity contribution in [3.63, 3.8) is 0 Å². The van der Waals surface area contributed by atoms with Crippen molar-refractivity contribution in [3.8, 4) is 0 Å². The van der Waals surface area contributed by atoms with Crippen LogP contribution in [0.4, 0.5) is 4.39 Å². The first kappa shape index (κ1) is 19.7. The van der Waals surface area contributed by atoms with Crippen LogP contribution in [0.2, 0.25) is 0 Å². The lowest BCUT2D eigenvalue weighted by molar-refractivity contribution is -0.122. The SMILES string of the molecule is Cc1nc(C2(c3ccccc3F)CC2(C)C)n(CCc2cnc[nH]2)n1.O=CO. The standard InChI is InChI=1S/C19H22FN5.CH2O2/c1-13-23-17(25(24-13)9-8-14-10-21-12-22-14)19(11-18(19,2)3)15-6-4-5-7-16(15)20;2-1-3/h4-7,10,12H,8-9,11H2,1-3H3,(H,21,22);1H,(H,2,3). The third kappa shape index (κ3) is 3.42. The number of H-pyrrole nitrogens is 1. The van der Waals surface area contributed by atoms with Gasteiger partial charge in [-0.2, -0.15) is 5.10 Å². The first-order valence-corrected chi connectivity index (χ1v) is 9.08. The summed E-state index contributed by atoms with van der Waals surface area (Å²) in [6.07, 6.45) is 5.14. The van der Waals surface area contributed by atoms with Crippen molar-refractivity contribution in [2.24, 2.45) is 5.41 Å². The van der Waals surface area contributed by atoms with Crippen molar-refractivity contribution in [1.82, 2.24) is 24.7 Å². The van der Waals surface area contributed by atoms with E-state index in [1.165, 1.54) is 6.07 Å². The average molecular weight is 385 g/mol. The molecule has 1 aliphatic carbocycles. The van der Waals surface area contributed by atoms with Crippen molar-refractivity contribution in [1.29, 1.82) is 0 Å². The minimum atomic E-state index is -0.423. The summed E-state index contributed by atoms with van der Waals surface area (Å²) in [5.41, 5.74) is 1.29. The molecule has 0 amide bonds. The zero-order valence-electron chi connectivity index (χ0n) is 16.2. The molecule has 4 rings (SSSR count). The van der Waals surface area contributed by atoms with Crippen LogP contribution >= 0.6 is 0 Å². The highest BCUT2D eigenvalue weighted by Crippen LogP contribution is 2.67. The molecule has 3 aromatic rings. The van der Waals surface area contributed by atoms with E-state index in [-0.39, 0.29) is 17.7 Å². The monoisotopic (exact) mass is 385 g/mol. The highest BCUT2D eigenvalue weighted by atomic mass is 19.1. The number of carbonyl (C=O) groups is 1. The summed E-state index contributed by atoms with van der Waals surface area (Å²) in [4.78, 5) is 20.2. The zero-order chi connectivity index (χ0) is 20.4. The fourth-order valence-electron chi connectivity index (χ4n) is 3.96. The Morgan fingerprint density at radius 1 is 1.36 bits per heavy atom. The molecule has 0 saturated heterocycles. The molecule has 7 nitrogen and oxygen atoms in total. The van der Waals surface area contributed by atoms with Gasteiger partial charge in [0, 0.05) is 30.4 Å². The Labute approximate surface area is 162 Å². The lowest BCUT2D eigenvalue weighted by Gasteiger charge is -2.22. The number of nitrogens with one attached hydrogen (secondary N) is 1. The molecule has 0 radical (unpaired) electrons. The third-order valence-corrected chi connectivity index (χ3v) is 5.38. The van der Waals surface area contributed by atoms with Crippen LogP contribution in [0.3, 0.4) is 0 Å². The number of aromatic nitrogens is 5. The van der Waals surface area contributed by atoms with Gasteiger partial charge in [-0.15, -0.1) is 0 Å². The molecule has 0 aliphatic heterocycles.